The Kier molecular flexibility index (Phi) is 30.3. The summed E-state index contributed by atoms with van der Waals surface area (Å²) in [5, 5.41) is 0.383. The van der Waals surface area contributed by atoms with E-state index < -0.39 is 0 Å². The summed E-state index contributed by atoms with van der Waals surface area (Å²) in [5.74, 6) is 0. The van der Waals surface area contributed by atoms with Gasteiger partial charge < -0.3 is 0 Å². The summed E-state index contributed by atoms with van der Waals surface area (Å²) in [5.41, 5.74) is 0.479. The summed E-state index contributed by atoms with van der Waals surface area (Å²) >= 11 is 7.28. The minimum Gasteiger partial charge on any atom is -0.0995 e. The van der Waals surface area contributed by atoms with E-state index in [2.05, 4.69) is 34.6 Å². The quantitative estimate of drug-likeness (QED) is 0.0519. The van der Waals surface area contributed by atoms with Crippen molar-refractivity contribution in [3.8, 4) is 0 Å². The van der Waals surface area contributed by atoms with E-state index in [0.29, 0.717) is 18.5 Å². The molecule has 0 heterocycles. The zero-order valence-electron chi connectivity index (χ0n) is 28.8. The molecule has 2 heteroatoms. The first-order chi connectivity index (χ1) is 19.6. The van der Waals surface area contributed by atoms with Gasteiger partial charge in [0.1, 0.15) is 0 Å². The van der Waals surface area contributed by atoms with Crippen molar-refractivity contribution in [2.45, 2.75) is 239 Å². The Bertz CT molecular complexity index is 466. The molecule has 242 valence electrons. The van der Waals surface area contributed by atoms with Gasteiger partial charge in [0.15, 0.2) is 0 Å². The second-order valence-electron chi connectivity index (χ2n) is 13.6. The zero-order chi connectivity index (χ0) is 29.6. The fourth-order valence-corrected chi connectivity index (χ4v) is 9.67. The molecule has 0 saturated carbocycles. The Labute approximate surface area is 262 Å². The topological polar surface area (TPSA) is 0 Å². The van der Waals surface area contributed by atoms with Crippen LogP contribution < -0.4 is 0 Å². The van der Waals surface area contributed by atoms with Crippen LogP contribution in [0.15, 0.2) is 0 Å². The van der Waals surface area contributed by atoms with Gasteiger partial charge in [-0.3, -0.25) is 0 Å². The maximum absolute atomic E-state index is 7.28. The van der Waals surface area contributed by atoms with E-state index in [1.54, 1.807) is 0 Å². The van der Waals surface area contributed by atoms with Crippen molar-refractivity contribution in [3.63, 3.8) is 0 Å². The van der Waals surface area contributed by atoms with E-state index in [4.69, 9.17) is 11.2 Å². The van der Waals surface area contributed by atoms with E-state index in [1.165, 1.54) is 199 Å². The number of rotatable bonds is 33. The van der Waals surface area contributed by atoms with Crippen LogP contribution in [0.3, 0.4) is 0 Å². The first-order valence-corrected chi connectivity index (χ1v) is 21.0. The highest BCUT2D eigenvalue weighted by molar-refractivity contribution is 7.69. The van der Waals surface area contributed by atoms with Gasteiger partial charge in [-0.15, -0.1) is 0 Å². The van der Waals surface area contributed by atoms with Crippen molar-refractivity contribution in [2.24, 2.45) is 5.41 Å². The predicted molar refractivity (Wildman–Crippen MR) is 191 cm³/mol. The van der Waals surface area contributed by atoms with Gasteiger partial charge in [0.05, 0.1) is 0 Å². The Hall–Kier alpha value is 0.720. The summed E-state index contributed by atoms with van der Waals surface area (Å²) in [6.45, 7) is 11.8. The second-order valence-corrected chi connectivity index (χ2v) is 15.3. The third-order valence-electron chi connectivity index (χ3n) is 10.1. The van der Waals surface area contributed by atoms with E-state index in [1.807, 2.05) is 0 Å². The Morgan fingerprint density at radius 2 is 0.550 bits per heavy atom. The van der Waals surface area contributed by atoms with Crippen LogP contribution in [-0.2, 0) is 0 Å². The highest BCUT2D eigenvalue weighted by Gasteiger charge is 2.48. The predicted octanol–water partition coefficient (Wildman–Crippen LogP) is 15.7. The van der Waals surface area contributed by atoms with Crippen LogP contribution in [0.25, 0.3) is 0 Å². The van der Waals surface area contributed by atoms with Crippen LogP contribution >= 0.6 is 19.2 Å². The molecule has 0 aliphatic rings. The smallest absolute Gasteiger partial charge is 0.00728 e. The van der Waals surface area contributed by atoms with Crippen LogP contribution in [0.4, 0.5) is 0 Å². The third kappa shape index (κ3) is 19.1. The molecule has 0 aliphatic carbocycles. The molecule has 0 aromatic heterocycles. The Balaban J connectivity index is 5.69. The van der Waals surface area contributed by atoms with Gasteiger partial charge >= 0.3 is 0 Å². The van der Waals surface area contributed by atoms with E-state index in [-0.39, 0.29) is 0 Å². The lowest BCUT2D eigenvalue weighted by molar-refractivity contribution is 0.107. The number of hydrogen-bond acceptors (Lipinski definition) is 0. The van der Waals surface area contributed by atoms with E-state index in [9.17, 15) is 0 Å². The molecule has 0 aromatic carbocycles. The van der Waals surface area contributed by atoms with Crippen molar-refractivity contribution in [1.29, 1.82) is 0 Å². The summed E-state index contributed by atoms with van der Waals surface area (Å²) in [6, 6.07) is 0. The minimum absolute atomic E-state index is 0.383. The first-order valence-electron chi connectivity index (χ1n) is 19.0. The lowest BCUT2D eigenvalue weighted by Gasteiger charge is -2.52. The number of hydrogen-bond donors (Lipinski definition) is 0. The van der Waals surface area contributed by atoms with Crippen LogP contribution in [-0.4, -0.2) is 5.16 Å². The molecule has 40 heavy (non-hydrogen) atoms. The molecule has 0 amide bonds. The molecule has 0 N–H and O–H groups in total. The SMILES string of the molecule is CCCCCCCCCCCCC(CCCCCC)(CCCCCC)C(CCCCCC)(CCCCCC)PCl. The summed E-state index contributed by atoms with van der Waals surface area (Å²) in [4.78, 5) is 0. The molecule has 0 fully saturated rings. The fourth-order valence-electron chi connectivity index (χ4n) is 7.38. The molecule has 0 bridgehead atoms. The van der Waals surface area contributed by atoms with Crippen molar-refractivity contribution >= 4 is 19.2 Å². The molecule has 0 saturated heterocycles. The van der Waals surface area contributed by atoms with Gasteiger partial charge in [0.2, 0.25) is 0 Å². The van der Waals surface area contributed by atoms with E-state index >= 15 is 0 Å². The minimum atomic E-state index is 0.383. The average molecular weight is 601 g/mol. The van der Waals surface area contributed by atoms with Crippen LogP contribution in [0.2, 0.25) is 0 Å². The van der Waals surface area contributed by atoms with Gasteiger partial charge in [0.25, 0.3) is 0 Å². The monoisotopic (exact) mass is 601 g/mol. The van der Waals surface area contributed by atoms with Crippen LogP contribution in [0.5, 0.6) is 0 Å². The lowest BCUT2D eigenvalue weighted by Crippen LogP contribution is -2.45. The maximum atomic E-state index is 7.28. The average Bonchev–Trinajstić information content (AvgIpc) is 2.97. The highest BCUT2D eigenvalue weighted by atomic mass is 35.7. The highest BCUT2D eigenvalue weighted by Crippen LogP contribution is 2.61. The Morgan fingerprint density at radius 1 is 0.325 bits per heavy atom. The fraction of sp³-hybridized carbons (Fsp3) is 1.00. The molecule has 0 rings (SSSR count). The standard InChI is InChI=1S/C38H78ClP/c1-6-11-16-21-22-23-24-25-26-29-34-37(32-27-17-12-7-2,33-28-18-13-8-3)38(40-39,35-30-19-14-9-4)36-31-20-15-10-5/h40H,6-36H2,1-5H3. The summed E-state index contributed by atoms with van der Waals surface area (Å²) in [7, 11) is 0.603. The van der Waals surface area contributed by atoms with Crippen LogP contribution in [0.1, 0.15) is 234 Å². The van der Waals surface area contributed by atoms with Gasteiger partial charge in [-0.1, -0.05) is 213 Å². The molecule has 1 unspecified atom stereocenters. The molecule has 0 nitrogen and oxygen atoms in total. The maximum Gasteiger partial charge on any atom is 0.00728 e. The summed E-state index contributed by atoms with van der Waals surface area (Å²) in [6.07, 6.45) is 44.0. The summed E-state index contributed by atoms with van der Waals surface area (Å²) < 4.78 is 0. The molecule has 0 spiro atoms. The van der Waals surface area contributed by atoms with E-state index in [0.717, 1.165) is 0 Å². The molecule has 0 radical (unpaired) electrons. The van der Waals surface area contributed by atoms with Gasteiger partial charge in [-0.25, -0.2) is 0 Å². The molecular weight excluding hydrogens is 523 g/mol. The van der Waals surface area contributed by atoms with Gasteiger partial charge in [-0.05, 0) is 45.5 Å². The van der Waals surface area contributed by atoms with Crippen molar-refractivity contribution in [2.75, 3.05) is 0 Å². The number of halogens is 1. The van der Waals surface area contributed by atoms with Crippen molar-refractivity contribution in [3.05, 3.63) is 0 Å². The zero-order valence-corrected chi connectivity index (χ0v) is 30.6. The van der Waals surface area contributed by atoms with Gasteiger partial charge in [-0.2, -0.15) is 0 Å². The lowest BCUT2D eigenvalue weighted by atomic mass is 9.62. The molecular formula is C38H78ClP. The van der Waals surface area contributed by atoms with Crippen molar-refractivity contribution < 1.29 is 0 Å². The van der Waals surface area contributed by atoms with Crippen molar-refractivity contribution in [1.82, 2.24) is 0 Å². The first kappa shape index (κ1) is 40.7. The third-order valence-corrected chi connectivity index (χ3v) is 12.6. The van der Waals surface area contributed by atoms with Crippen LogP contribution in [0, 0.1) is 5.41 Å². The number of unbranched alkanes of at least 4 members (excludes halogenated alkanes) is 21. The molecule has 0 aromatic rings. The Morgan fingerprint density at radius 3 is 0.825 bits per heavy atom. The largest absolute Gasteiger partial charge is 0.0995 e. The van der Waals surface area contributed by atoms with Gasteiger partial charge in [0, 0.05) is 5.16 Å². The molecule has 0 aliphatic heterocycles. The normalized spacial score (nSPS) is 12.8. The second kappa shape index (κ2) is 29.8. The molecule has 1 atom stereocenters.